The lowest BCUT2D eigenvalue weighted by Gasteiger charge is -2.27. The molecular formula is C12H10Br2F3NO2S. The van der Waals surface area contributed by atoms with Crippen LogP contribution in [0, 0.1) is 0 Å². The van der Waals surface area contributed by atoms with Crippen LogP contribution in [0.2, 0.25) is 0 Å². The Hall–Kier alpha value is -0.380. The molecule has 1 aliphatic rings. The van der Waals surface area contributed by atoms with Crippen molar-refractivity contribution >= 4 is 41.9 Å². The van der Waals surface area contributed by atoms with Crippen LogP contribution >= 0.6 is 31.9 Å². The van der Waals surface area contributed by atoms with E-state index >= 15 is 0 Å². The highest BCUT2D eigenvalue weighted by molar-refractivity contribution is 9.11. The minimum atomic E-state index is -4.40. The summed E-state index contributed by atoms with van der Waals surface area (Å²) in [6.07, 6.45) is -3.81. The maximum atomic E-state index is 12.6. The van der Waals surface area contributed by atoms with Crippen molar-refractivity contribution in [2.75, 3.05) is 13.1 Å². The monoisotopic (exact) mass is 447 g/mol. The van der Waals surface area contributed by atoms with Crippen molar-refractivity contribution in [1.29, 1.82) is 0 Å². The Morgan fingerprint density at radius 1 is 1.19 bits per heavy atom. The van der Waals surface area contributed by atoms with Crippen molar-refractivity contribution in [3.63, 3.8) is 0 Å². The average molecular weight is 449 g/mol. The lowest BCUT2D eigenvalue weighted by Crippen LogP contribution is -2.36. The highest BCUT2D eigenvalue weighted by Gasteiger charge is 2.37. The van der Waals surface area contributed by atoms with Crippen LogP contribution in [0.25, 0.3) is 0 Å². The number of benzene rings is 1. The lowest BCUT2D eigenvalue weighted by molar-refractivity contribution is -0.0953. The van der Waals surface area contributed by atoms with E-state index in [1.165, 1.54) is 6.07 Å². The summed E-state index contributed by atoms with van der Waals surface area (Å²) in [6, 6.07) is 4.65. The Labute approximate surface area is 137 Å². The van der Waals surface area contributed by atoms with Gasteiger partial charge in [0, 0.05) is 27.6 Å². The van der Waals surface area contributed by atoms with Gasteiger partial charge in [-0.15, -0.1) is 0 Å². The van der Waals surface area contributed by atoms with Crippen LogP contribution in [0.5, 0.6) is 0 Å². The van der Waals surface area contributed by atoms with Crippen molar-refractivity contribution in [1.82, 2.24) is 4.31 Å². The number of nitrogens with zero attached hydrogens (tertiary/aromatic N) is 1. The molecule has 21 heavy (non-hydrogen) atoms. The average Bonchev–Trinajstić information content (AvgIpc) is 2.40. The maximum Gasteiger partial charge on any atom is 0.412 e. The van der Waals surface area contributed by atoms with E-state index in [9.17, 15) is 21.6 Å². The Balaban J connectivity index is 2.31. The molecular weight excluding hydrogens is 439 g/mol. The molecule has 0 aliphatic carbocycles. The molecule has 1 heterocycles. The highest BCUT2D eigenvalue weighted by Crippen LogP contribution is 2.33. The van der Waals surface area contributed by atoms with Crippen molar-refractivity contribution in [2.24, 2.45) is 0 Å². The summed E-state index contributed by atoms with van der Waals surface area (Å²) in [6.45, 7) is -0.469. The van der Waals surface area contributed by atoms with Gasteiger partial charge in [-0.1, -0.05) is 22.0 Å². The summed E-state index contributed by atoms with van der Waals surface area (Å²) in [5, 5.41) is 0. The topological polar surface area (TPSA) is 37.4 Å². The fourth-order valence-electron chi connectivity index (χ4n) is 1.94. The Morgan fingerprint density at radius 3 is 2.38 bits per heavy atom. The van der Waals surface area contributed by atoms with Crippen LogP contribution in [0.1, 0.15) is 6.42 Å². The molecule has 0 amide bonds. The summed E-state index contributed by atoms with van der Waals surface area (Å²) in [4.78, 5) is 0.0285. The quantitative estimate of drug-likeness (QED) is 0.639. The number of sulfonamides is 1. The van der Waals surface area contributed by atoms with Gasteiger partial charge in [-0.05, 0) is 40.5 Å². The molecule has 1 aromatic rings. The summed E-state index contributed by atoms with van der Waals surface area (Å²) in [5.74, 6) is 0. The van der Waals surface area contributed by atoms with E-state index in [0.29, 0.717) is 8.95 Å². The van der Waals surface area contributed by atoms with E-state index in [2.05, 4.69) is 31.9 Å². The van der Waals surface area contributed by atoms with Crippen LogP contribution in [-0.2, 0) is 10.0 Å². The van der Waals surface area contributed by atoms with Crippen LogP contribution in [-0.4, -0.2) is 32.0 Å². The second-order valence-electron chi connectivity index (χ2n) is 4.41. The molecule has 0 saturated carbocycles. The van der Waals surface area contributed by atoms with E-state index < -0.39 is 21.8 Å². The van der Waals surface area contributed by atoms with Gasteiger partial charge < -0.3 is 0 Å². The maximum absolute atomic E-state index is 12.6. The predicted octanol–water partition coefficient (Wildman–Crippen LogP) is 4.09. The van der Waals surface area contributed by atoms with Gasteiger partial charge in [0.15, 0.2) is 0 Å². The summed E-state index contributed by atoms with van der Waals surface area (Å²) >= 11 is 6.34. The highest BCUT2D eigenvalue weighted by atomic mass is 79.9. The molecule has 116 valence electrons. The summed E-state index contributed by atoms with van der Waals surface area (Å²) in [7, 11) is -3.84. The van der Waals surface area contributed by atoms with Gasteiger partial charge in [0.25, 0.3) is 0 Å². The van der Waals surface area contributed by atoms with Crippen LogP contribution in [0.4, 0.5) is 13.2 Å². The zero-order valence-corrected chi connectivity index (χ0v) is 14.5. The standard InChI is InChI=1S/C12H10Br2F3NO2S/c13-9-1-2-10(14)11(7-9)21(19,20)18-5-3-8(4-6-18)12(15,16)17/h1-3,7H,4-6H2. The first kappa shape index (κ1) is 17.0. The molecule has 9 heteroatoms. The van der Waals surface area contributed by atoms with Crippen molar-refractivity contribution in [3.05, 3.63) is 38.8 Å². The normalized spacial score (nSPS) is 17.7. The van der Waals surface area contributed by atoms with E-state index in [1.807, 2.05) is 0 Å². The fourth-order valence-corrected chi connectivity index (χ4v) is 4.78. The SMILES string of the molecule is O=S(=O)(c1cc(Br)ccc1Br)N1CC=C(C(F)(F)F)CC1. The fraction of sp³-hybridized carbons (Fsp3) is 0.333. The minimum Gasteiger partial charge on any atom is -0.207 e. The molecule has 0 N–H and O–H groups in total. The number of alkyl halides is 3. The van der Waals surface area contributed by atoms with Crippen LogP contribution < -0.4 is 0 Å². The largest absolute Gasteiger partial charge is 0.412 e. The zero-order chi connectivity index (χ0) is 15.8. The molecule has 0 radical (unpaired) electrons. The summed E-state index contributed by atoms with van der Waals surface area (Å²) < 4.78 is 64.6. The predicted molar refractivity (Wildman–Crippen MR) is 79.4 cm³/mol. The number of rotatable bonds is 2. The molecule has 1 aromatic carbocycles. The Kier molecular flexibility index (Phi) is 4.87. The number of hydrogen-bond acceptors (Lipinski definition) is 2. The molecule has 0 unspecified atom stereocenters. The lowest BCUT2D eigenvalue weighted by atomic mass is 10.1. The van der Waals surface area contributed by atoms with Gasteiger partial charge in [-0.3, -0.25) is 0 Å². The molecule has 0 atom stereocenters. The molecule has 1 aliphatic heterocycles. The second kappa shape index (κ2) is 6.02. The van der Waals surface area contributed by atoms with Gasteiger partial charge in [-0.25, -0.2) is 8.42 Å². The van der Waals surface area contributed by atoms with Gasteiger partial charge >= 0.3 is 6.18 Å². The molecule has 0 bridgehead atoms. The molecule has 0 fully saturated rings. The second-order valence-corrected chi connectivity index (χ2v) is 8.09. The summed E-state index contributed by atoms with van der Waals surface area (Å²) in [5.41, 5.74) is -0.678. The van der Waals surface area contributed by atoms with E-state index in [-0.39, 0.29) is 24.4 Å². The number of hydrogen-bond donors (Lipinski definition) is 0. The van der Waals surface area contributed by atoms with Crippen molar-refractivity contribution in [2.45, 2.75) is 17.5 Å². The first-order chi connectivity index (χ1) is 9.62. The van der Waals surface area contributed by atoms with Crippen molar-refractivity contribution in [3.8, 4) is 0 Å². The van der Waals surface area contributed by atoms with Gasteiger partial charge in [0.05, 0.1) is 4.90 Å². The van der Waals surface area contributed by atoms with Gasteiger partial charge in [0.1, 0.15) is 0 Å². The molecule has 3 nitrogen and oxygen atoms in total. The smallest absolute Gasteiger partial charge is 0.207 e. The third-order valence-corrected chi connectivity index (χ3v) is 6.40. The third-order valence-electron chi connectivity index (χ3n) is 3.05. The van der Waals surface area contributed by atoms with Gasteiger partial charge in [-0.2, -0.15) is 17.5 Å². The van der Waals surface area contributed by atoms with Crippen molar-refractivity contribution < 1.29 is 21.6 Å². The van der Waals surface area contributed by atoms with E-state index in [0.717, 1.165) is 10.4 Å². The third kappa shape index (κ3) is 3.69. The van der Waals surface area contributed by atoms with Crippen LogP contribution in [0.3, 0.4) is 0 Å². The molecule has 0 saturated heterocycles. The molecule has 0 aromatic heterocycles. The first-order valence-electron chi connectivity index (χ1n) is 5.84. The number of halogens is 5. The Morgan fingerprint density at radius 2 is 1.86 bits per heavy atom. The molecule has 0 spiro atoms. The van der Waals surface area contributed by atoms with Gasteiger partial charge in [0.2, 0.25) is 10.0 Å². The van der Waals surface area contributed by atoms with Crippen LogP contribution in [0.15, 0.2) is 43.7 Å². The Bertz CT molecular complexity index is 686. The van der Waals surface area contributed by atoms with E-state index in [1.54, 1.807) is 12.1 Å². The zero-order valence-electron chi connectivity index (χ0n) is 10.5. The first-order valence-corrected chi connectivity index (χ1v) is 8.86. The molecule has 2 rings (SSSR count). The van der Waals surface area contributed by atoms with E-state index in [4.69, 9.17) is 0 Å². The minimum absolute atomic E-state index is 0.0285.